The fraction of sp³-hybridized carbons (Fsp3) is 0.320. The van der Waals surface area contributed by atoms with E-state index in [0.29, 0.717) is 49.7 Å². The lowest BCUT2D eigenvalue weighted by Gasteiger charge is -2.45. The Labute approximate surface area is 212 Å². The van der Waals surface area contributed by atoms with Crippen LogP contribution in [0.25, 0.3) is 17.0 Å². The average molecular weight is 527 g/mol. The Bertz CT molecular complexity index is 1580. The molecule has 2 aromatic heterocycles. The molecule has 4 aromatic rings. The zero-order chi connectivity index (χ0) is 25.7. The molecule has 0 spiro atoms. The fourth-order valence-corrected chi connectivity index (χ4v) is 5.58. The van der Waals surface area contributed by atoms with Crippen LogP contribution in [0.15, 0.2) is 59.6 Å². The van der Waals surface area contributed by atoms with Crippen LogP contribution in [0.5, 0.6) is 0 Å². The molecule has 6 rings (SSSR count). The van der Waals surface area contributed by atoms with Crippen LogP contribution in [0.2, 0.25) is 0 Å². The minimum Gasteiger partial charge on any atom is -0.377 e. The topological polar surface area (TPSA) is 93.5 Å². The summed E-state index contributed by atoms with van der Waals surface area (Å²) in [6, 6.07) is 13.7. The molecule has 0 unspecified atom stereocenters. The molecule has 4 heterocycles. The zero-order valence-corrected chi connectivity index (χ0v) is 20.8. The second kappa shape index (κ2) is 9.03. The third-order valence-corrected chi connectivity index (χ3v) is 7.84. The number of para-hydroxylation sites is 2. The maximum Gasteiger partial charge on any atom is 0.296 e. The molecule has 12 heteroatoms. The average Bonchev–Trinajstić information content (AvgIpc) is 3.28. The first kappa shape index (κ1) is 23.7. The van der Waals surface area contributed by atoms with E-state index in [1.54, 1.807) is 54.7 Å². The lowest BCUT2D eigenvalue weighted by atomic mass is 10.1. The lowest BCUT2D eigenvalue weighted by Crippen LogP contribution is -2.55. The van der Waals surface area contributed by atoms with Crippen molar-refractivity contribution in [3.8, 4) is 5.95 Å². The van der Waals surface area contributed by atoms with Crippen molar-refractivity contribution in [1.29, 1.82) is 0 Å². The van der Waals surface area contributed by atoms with Crippen LogP contribution in [0.1, 0.15) is 17.8 Å². The highest BCUT2D eigenvalue weighted by Crippen LogP contribution is 2.37. The molecular formula is C25H24F2N6O3S. The van der Waals surface area contributed by atoms with E-state index in [4.69, 9.17) is 9.72 Å². The molecule has 37 heavy (non-hydrogen) atoms. The molecule has 1 fully saturated rings. The second-order valence-electron chi connectivity index (χ2n) is 9.19. The van der Waals surface area contributed by atoms with Gasteiger partial charge in [-0.1, -0.05) is 24.3 Å². The van der Waals surface area contributed by atoms with Crippen molar-refractivity contribution in [2.24, 2.45) is 0 Å². The van der Waals surface area contributed by atoms with Gasteiger partial charge in [0.1, 0.15) is 0 Å². The summed E-state index contributed by atoms with van der Waals surface area (Å²) in [5.74, 6) is 0.376. The third kappa shape index (κ3) is 4.29. The number of ether oxygens (including phenoxy) is 1. The number of imidazole rings is 1. The van der Waals surface area contributed by atoms with Crippen molar-refractivity contribution in [2.45, 2.75) is 23.9 Å². The maximum atomic E-state index is 14.0. The number of morpholine rings is 1. The van der Waals surface area contributed by atoms with Gasteiger partial charge in [0.25, 0.3) is 6.43 Å². The van der Waals surface area contributed by atoms with Crippen LogP contribution >= 0.6 is 0 Å². The predicted molar refractivity (Wildman–Crippen MR) is 134 cm³/mol. The van der Waals surface area contributed by atoms with Crippen molar-refractivity contribution in [3.63, 3.8) is 0 Å². The molecule has 0 radical (unpaired) electrons. The number of halogens is 2. The van der Waals surface area contributed by atoms with Crippen LogP contribution in [0.4, 0.5) is 20.3 Å². The molecule has 192 valence electrons. The Morgan fingerprint density at radius 3 is 2.65 bits per heavy atom. The SMILES string of the molecule is CS(=O)(=O)c1ccc(CN2C[C@@H]3COCCN3c3nc(-n4c(C(F)F)nc5ccccc54)ncc32)cc1. The number of nitrogens with zero attached hydrogens (tertiary/aromatic N) is 6. The van der Waals surface area contributed by atoms with Crippen LogP contribution in [-0.4, -0.2) is 66.5 Å². The Kier molecular flexibility index (Phi) is 5.80. The molecule has 9 nitrogen and oxygen atoms in total. The summed E-state index contributed by atoms with van der Waals surface area (Å²) >= 11 is 0. The standard InChI is InChI=1S/C25H24F2N6O3S/c1-37(34,35)18-8-6-16(7-9-18)13-31-14-17-15-36-11-10-32(17)23-21(31)12-28-25(30-23)33-20-5-3-2-4-19(20)29-24(33)22(26)27/h2-9,12,17,22H,10-11,13-15H2,1H3/t17-/m1/s1. The lowest BCUT2D eigenvalue weighted by molar-refractivity contribution is 0.0935. The van der Waals surface area contributed by atoms with E-state index in [-0.39, 0.29) is 16.9 Å². The normalized spacial score (nSPS) is 17.8. The van der Waals surface area contributed by atoms with Gasteiger partial charge in [-0.25, -0.2) is 27.2 Å². The van der Waals surface area contributed by atoms with E-state index in [0.717, 1.165) is 11.3 Å². The van der Waals surface area contributed by atoms with E-state index in [1.165, 1.54) is 10.8 Å². The summed E-state index contributed by atoms with van der Waals surface area (Å²) in [4.78, 5) is 18.0. The van der Waals surface area contributed by atoms with Gasteiger partial charge in [0.05, 0.1) is 47.1 Å². The van der Waals surface area contributed by atoms with Crippen molar-refractivity contribution in [2.75, 3.05) is 42.4 Å². The number of rotatable bonds is 5. The van der Waals surface area contributed by atoms with Gasteiger partial charge < -0.3 is 14.5 Å². The molecule has 1 atom stereocenters. The monoisotopic (exact) mass is 526 g/mol. The second-order valence-corrected chi connectivity index (χ2v) is 11.2. The van der Waals surface area contributed by atoms with Gasteiger partial charge in [-0.3, -0.25) is 4.57 Å². The predicted octanol–water partition coefficient (Wildman–Crippen LogP) is 3.38. The number of aromatic nitrogens is 4. The first-order valence-electron chi connectivity index (χ1n) is 11.8. The number of hydrogen-bond acceptors (Lipinski definition) is 8. The van der Waals surface area contributed by atoms with Gasteiger partial charge in [0.2, 0.25) is 5.95 Å². The summed E-state index contributed by atoms with van der Waals surface area (Å²) in [5, 5.41) is 0. The number of benzene rings is 2. The van der Waals surface area contributed by atoms with Gasteiger partial charge >= 0.3 is 0 Å². The summed E-state index contributed by atoms with van der Waals surface area (Å²) in [5.41, 5.74) is 2.66. The van der Waals surface area contributed by atoms with Crippen LogP contribution in [0, 0.1) is 0 Å². The summed E-state index contributed by atoms with van der Waals surface area (Å²) < 4.78 is 58.6. The first-order valence-corrected chi connectivity index (χ1v) is 13.7. The van der Waals surface area contributed by atoms with Crippen molar-refractivity contribution in [3.05, 3.63) is 66.1 Å². The molecule has 0 aliphatic carbocycles. The molecule has 0 amide bonds. The van der Waals surface area contributed by atoms with Crippen molar-refractivity contribution in [1.82, 2.24) is 19.5 Å². The smallest absolute Gasteiger partial charge is 0.296 e. The van der Waals surface area contributed by atoms with E-state index in [9.17, 15) is 17.2 Å². The fourth-order valence-electron chi connectivity index (χ4n) is 4.95. The highest BCUT2D eigenvalue weighted by Gasteiger charge is 2.35. The molecule has 1 saturated heterocycles. The van der Waals surface area contributed by atoms with E-state index in [1.807, 2.05) is 0 Å². The molecule has 0 saturated carbocycles. The van der Waals surface area contributed by atoms with Gasteiger partial charge in [0.15, 0.2) is 21.5 Å². The van der Waals surface area contributed by atoms with Gasteiger partial charge in [-0.05, 0) is 29.8 Å². The Morgan fingerprint density at radius 1 is 1.11 bits per heavy atom. The number of anilines is 2. The molecular weight excluding hydrogens is 502 g/mol. The summed E-state index contributed by atoms with van der Waals surface area (Å²) in [7, 11) is -3.29. The number of hydrogen-bond donors (Lipinski definition) is 0. The summed E-state index contributed by atoms with van der Waals surface area (Å²) in [6.07, 6.45) is 0.0472. The minimum atomic E-state index is -3.29. The molecule has 0 N–H and O–H groups in total. The zero-order valence-electron chi connectivity index (χ0n) is 20.0. The first-order chi connectivity index (χ1) is 17.8. The highest BCUT2D eigenvalue weighted by atomic mass is 32.2. The number of sulfone groups is 1. The highest BCUT2D eigenvalue weighted by molar-refractivity contribution is 7.90. The molecule has 2 aromatic carbocycles. The molecule has 2 aliphatic rings. The number of alkyl halides is 2. The molecule has 2 aliphatic heterocycles. The van der Waals surface area contributed by atoms with Crippen LogP contribution in [-0.2, 0) is 21.1 Å². The Balaban J connectivity index is 1.42. The van der Waals surface area contributed by atoms with Crippen LogP contribution in [0.3, 0.4) is 0 Å². The van der Waals surface area contributed by atoms with Gasteiger partial charge in [0, 0.05) is 25.9 Å². The largest absolute Gasteiger partial charge is 0.377 e. The number of fused-ring (bicyclic) bond motifs is 4. The van der Waals surface area contributed by atoms with Crippen LogP contribution < -0.4 is 9.80 Å². The van der Waals surface area contributed by atoms with Crippen molar-refractivity contribution >= 4 is 32.4 Å². The Morgan fingerprint density at radius 2 is 1.89 bits per heavy atom. The third-order valence-electron chi connectivity index (χ3n) is 6.72. The van der Waals surface area contributed by atoms with E-state index in [2.05, 4.69) is 19.8 Å². The summed E-state index contributed by atoms with van der Waals surface area (Å²) in [6.45, 7) is 2.83. The Hall–Kier alpha value is -3.64. The van der Waals surface area contributed by atoms with Crippen molar-refractivity contribution < 1.29 is 21.9 Å². The van der Waals surface area contributed by atoms with Gasteiger partial charge in [-0.2, -0.15) is 4.98 Å². The quantitative estimate of drug-likeness (QED) is 0.391. The maximum absolute atomic E-state index is 14.0. The van der Waals surface area contributed by atoms with Gasteiger partial charge in [-0.15, -0.1) is 0 Å². The van der Waals surface area contributed by atoms with E-state index >= 15 is 0 Å². The minimum absolute atomic E-state index is 0.0217. The molecule has 0 bridgehead atoms. The van der Waals surface area contributed by atoms with E-state index < -0.39 is 22.1 Å².